The van der Waals surface area contributed by atoms with E-state index in [1.54, 1.807) is 0 Å². The summed E-state index contributed by atoms with van der Waals surface area (Å²) >= 11 is 0. The molecule has 0 aromatic rings. The van der Waals surface area contributed by atoms with Gasteiger partial charge >= 0.3 is 0 Å². The lowest BCUT2D eigenvalue weighted by Crippen LogP contribution is -2.19. The van der Waals surface area contributed by atoms with Gasteiger partial charge in [-0.05, 0) is 6.42 Å². The van der Waals surface area contributed by atoms with Gasteiger partial charge in [-0.2, -0.15) is 0 Å². The van der Waals surface area contributed by atoms with E-state index in [4.69, 9.17) is 5.21 Å². The SMILES string of the molecule is CCCC(=O)/C(=N/O)C(C)C. The van der Waals surface area contributed by atoms with E-state index in [9.17, 15) is 4.79 Å². The molecular weight excluding hydrogens is 142 g/mol. The number of carbonyl (C=O) groups excluding carboxylic acids is 1. The molecule has 0 fully saturated rings. The predicted octanol–water partition coefficient (Wildman–Crippen LogP) is 1.84. The fourth-order valence-electron chi connectivity index (χ4n) is 0.848. The van der Waals surface area contributed by atoms with Gasteiger partial charge in [-0.3, -0.25) is 4.79 Å². The molecule has 0 spiro atoms. The highest BCUT2D eigenvalue weighted by molar-refractivity contribution is 6.40. The Balaban J connectivity index is 4.17. The van der Waals surface area contributed by atoms with Crippen LogP contribution < -0.4 is 0 Å². The first-order valence-corrected chi connectivity index (χ1v) is 3.88. The topological polar surface area (TPSA) is 49.7 Å². The van der Waals surface area contributed by atoms with Crippen LogP contribution >= 0.6 is 0 Å². The summed E-state index contributed by atoms with van der Waals surface area (Å²) in [6, 6.07) is 0. The van der Waals surface area contributed by atoms with Crippen molar-refractivity contribution in [1.82, 2.24) is 0 Å². The summed E-state index contributed by atoms with van der Waals surface area (Å²) in [5.41, 5.74) is 0.284. The maximum Gasteiger partial charge on any atom is 0.180 e. The number of nitrogens with zero attached hydrogens (tertiary/aromatic N) is 1. The molecule has 0 bridgehead atoms. The van der Waals surface area contributed by atoms with Gasteiger partial charge in [0.05, 0.1) is 0 Å². The third-order valence-corrected chi connectivity index (χ3v) is 1.42. The second-order valence-electron chi connectivity index (χ2n) is 2.81. The van der Waals surface area contributed by atoms with Crippen LogP contribution in [0.15, 0.2) is 5.16 Å². The molecule has 0 saturated carbocycles. The van der Waals surface area contributed by atoms with Crippen LogP contribution in [-0.4, -0.2) is 16.7 Å². The molecule has 3 heteroatoms. The number of rotatable bonds is 4. The van der Waals surface area contributed by atoms with Gasteiger partial charge < -0.3 is 5.21 Å². The van der Waals surface area contributed by atoms with E-state index in [0.29, 0.717) is 6.42 Å². The average molecular weight is 157 g/mol. The van der Waals surface area contributed by atoms with Crippen LogP contribution in [0.5, 0.6) is 0 Å². The molecule has 1 N–H and O–H groups in total. The van der Waals surface area contributed by atoms with E-state index >= 15 is 0 Å². The first-order valence-electron chi connectivity index (χ1n) is 3.88. The van der Waals surface area contributed by atoms with Gasteiger partial charge in [0.15, 0.2) is 5.78 Å². The zero-order valence-corrected chi connectivity index (χ0v) is 7.29. The van der Waals surface area contributed by atoms with Gasteiger partial charge in [-0.25, -0.2) is 0 Å². The Morgan fingerprint density at radius 2 is 2.09 bits per heavy atom. The third kappa shape index (κ3) is 3.16. The van der Waals surface area contributed by atoms with E-state index in [2.05, 4.69) is 5.16 Å². The maximum absolute atomic E-state index is 11.1. The summed E-state index contributed by atoms with van der Waals surface area (Å²) in [5.74, 6) is -0.0379. The second-order valence-corrected chi connectivity index (χ2v) is 2.81. The van der Waals surface area contributed by atoms with Gasteiger partial charge in [-0.1, -0.05) is 25.9 Å². The van der Waals surface area contributed by atoms with Gasteiger partial charge in [-0.15, -0.1) is 0 Å². The molecule has 0 aromatic heterocycles. The highest BCUT2D eigenvalue weighted by Gasteiger charge is 2.14. The molecule has 0 aliphatic heterocycles. The standard InChI is InChI=1S/C8H15NO2/c1-4-5-7(10)8(9-11)6(2)3/h6,11H,4-5H2,1-3H3/b9-8+. The van der Waals surface area contributed by atoms with Crippen molar-refractivity contribution >= 4 is 11.5 Å². The Kier molecular flexibility index (Phi) is 4.50. The minimum Gasteiger partial charge on any atom is -0.411 e. The lowest BCUT2D eigenvalue weighted by atomic mass is 10.0. The minimum atomic E-state index is -0.0509. The summed E-state index contributed by atoms with van der Waals surface area (Å²) in [6.45, 7) is 5.60. The van der Waals surface area contributed by atoms with Gasteiger partial charge in [0, 0.05) is 12.3 Å². The van der Waals surface area contributed by atoms with Gasteiger partial charge in [0.1, 0.15) is 5.71 Å². The summed E-state index contributed by atoms with van der Waals surface area (Å²) in [5, 5.41) is 11.4. The zero-order valence-electron chi connectivity index (χ0n) is 7.29. The minimum absolute atomic E-state index is 0.0130. The predicted molar refractivity (Wildman–Crippen MR) is 44.0 cm³/mol. The molecule has 3 nitrogen and oxygen atoms in total. The summed E-state index contributed by atoms with van der Waals surface area (Å²) in [7, 11) is 0. The van der Waals surface area contributed by atoms with E-state index in [1.807, 2.05) is 20.8 Å². The molecule has 0 saturated heterocycles. The summed E-state index contributed by atoms with van der Waals surface area (Å²) in [4.78, 5) is 11.1. The zero-order chi connectivity index (χ0) is 8.85. The second kappa shape index (κ2) is 4.88. The van der Waals surface area contributed by atoms with Crippen molar-refractivity contribution < 1.29 is 10.0 Å². The van der Waals surface area contributed by atoms with Crippen LogP contribution in [0, 0.1) is 5.92 Å². The van der Waals surface area contributed by atoms with Crippen molar-refractivity contribution in [2.75, 3.05) is 0 Å². The lowest BCUT2D eigenvalue weighted by molar-refractivity contribution is -0.113. The molecule has 11 heavy (non-hydrogen) atoms. The molecule has 0 radical (unpaired) electrons. The van der Waals surface area contributed by atoms with Crippen molar-refractivity contribution in [3.05, 3.63) is 0 Å². The molecule has 0 unspecified atom stereocenters. The van der Waals surface area contributed by atoms with E-state index < -0.39 is 0 Å². The molecule has 64 valence electrons. The van der Waals surface area contributed by atoms with E-state index in [-0.39, 0.29) is 17.4 Å². The molecule has 0 rings (SSSR count). The van der Waals surface area contributed by atoms with Crippen molar-refractivity contribution in [3.8, 4) is 0 Å². The van der Waals surface area contributed by atoms with Crippen LogP contribution in [0.4, 0.5) is 0 Å². The Bertz CT molecular complexity index is 161. The van der Waals surface area contributed by atoms with Gasteiger partial charge in [0.2, 0.25) is 0 Å². The smallest absolute Gasteiger partial charge is 0.180 e. The molecule has 0 heterocycles. The largest absolute Gasteiger partial charge is 0.411 e. The maximum atomic E-state index is 11.1. The number of ketones is 1. The lowest BCUT2D eigenvalue weighted by Gasteiger charge is -2.04. The molecule has 0 amide bonds. The number of carbonyl (C=O) groups is 1. The quantitative estimate of drug-likeness (QED) is 0.384. The molecule has 0 aliphatic rings. The Morgan fingerprint density at radius 3 is 2.36 bits per heavy atom. The fraction of sp³-hybridized carbons (Fsp3) is 0.750. The van der Waals surface area contributed by atoms with Crippen molar-refractivity contribution in [2.24, 2.45) is 11.1 Å². The fourth-order valence-corrected chi connectivity index (χ4v) is 0.848. The molecule has 0 aliphatic carbocycles. The Hall–Kier alpha value is -0.860. The molecule has 0 aromatic carbocycles. The molecular formula is C8H15NO2. The summed E-state index contributed by atoms with van der Waals surface area (Å²) in [6.07, 6.45) is 1.27. The first kappa shape index (κ1) is 10.1. The number of Topliss-reactive ketones (excluding diaryl/α,β-unsaturated/α-hetero) is 1. The van der Waals surface area contributed by atoms with Crippen LogP contribution in [0.25, 0.3) is 0 Å². The van der Waals surface area contributed by atoms with Crippen molar-refractivity contribution in [1.29, 1.82) is 0 Å². The monoisotopic (exact) mass is 157 g/mol. The van der Waals surface area contributed by atoms with E-state index in [1.165, 1.54) is 0 Å². The summed E-state index contributed by atoms with van der Waals surface area (Å²) < 4.78 is 0. The Morgan fingerprint density at radius 1 is 1.55 bits per heavy atom. The average Bonchev–Trinajstić information content (AvgIpc) is 1.88. The number of hydrogen-bond donors (Lipinski definition) is 1. The van der Waals surface area contributed by atoms with E-state index in [0.717, 1.165) is 6.42 Å². The highest BCUT2D eigenvalue weighted by Crippen LogP contribution is 2.02. The van der Waals surface area contributed by atoms with Crippen LogP contribution in [0.3, 0.4) is 0 Å². The third-order valence-electron chi connectivity index (χ3n) is 1.42. The van der Waals surface area contributed by atoms with Crippen LogP contribution in [0.1, 0.15) is 33.6 Å². The Labute approximate surface area is 67.1 Å². The highest BCUT2D eigenvalue weighted by atomic mass is 16.4. The normalized spacial score (nSPS) is 12.2. The van der Waals surface area contributed by atoms with Crippen molar-refractivity contribution in [3.63, 3.8) is 0 Å². The van der Waals surface area contributed by atoms with Crippen LogP contribution in [0.2, 0.25) is 0 Å². The number of hydrogen-bond acceptors (Lipinski definition) is 3. The van der Waals surface area contributed by atoms with Crippen LogP contribution in [-0.2, 0) is 4.79 Å². The van der Waals surface area contributed by atoms with Gasteiger partial charge in [0.25, 0.3) is 0 Å². The number of oxime groups is 1. The molecule has 0 atom stereocenters. The first-order chi connectivity index (χ1) is 5.13. The van der Waals surface area contributed by atoms with Crippen molar-refractivity contribution in [2.45, 2.75) is 33.6 Å².